The Morgan fingerprint density at radius 1 is 1.53 bits per heavy atom. The maximum absolute atomic E-state index is 12.3. The Balaban J connectivity index is 1.91. The molecule has 0 spiro atoms. The number of amides is 1. The van der Waals surface area contributed by atoms with E-state index in [0.717, 1.165) is 32.5 Å². The average Bonchev–Trinajstić information content (AvgIpc) is 2.90. The van der Waals surface area contributed by atoms with Gasteiger partial charge in [0.1, 0.15) is 12.7 Å². The number of nitrogens with two attached hydrogens (primary N) is 1. The molecule has 1 aliphatic rings. The van der Waals surface area contributed by atoms with Gasteiger partial charge in [0.05, 0.1) is 6.04 Å². The van der Waals surface area contributed by atoms with Gasteiger partial charge in [-0.15, -0.1) is 0 Å². The van der Waals surface area contributed by atoms with E-state index >= 15 is 0 Å². The second-order valence-electron chi connectivity index (χ2n) is 5.68. The van der Waals surface area contributed by atoms with Crippen LogP contribution < -0.4 is 5.73 Å². The fourth-order valence-corrected chi connectivity index (χ4v) is 2.50. The average molecular weight is 265 g/mol. The molecule has 6 heteroatoms. The second-order valence-corrected chi connectivity index (χ2v) is 5.68. The Bertz CT molecular complexity index is 403. The Kier molecular flexibility index (Phi) is 4.52. The first-order valence-electron chi connectivity index (χ1n) is 6.94. The fraction of sp³-hybridized carbons (Fsp3) is 0.769. The van der Waals surface area contributed by atoms with Gasteiger partial charge in [0, 0.05) is 19.6 Å². The van der Waals surface area contributed by atoms with Crippen LogP contribution in [0.5, 0.6) is 0 Å². The Morgan fingerprint density at radius 3 is 2.95 bits per heavy atom. The lowest BCUT2D eigenvalue weighted by atomic mass is 9.96. The molecular weight excluding hydrogens is 242 g/mol. The zero-order valence-electron chi connectivity index (χ0n) is 11.7. The van der Waals surface area contributed by atoms with E-state index in [1.807, 2.05) is 23.4 Å². The number of carbonyl (C=O) groups is 1. The standard InChI is InChI=1S/C13H23N5O/c1-10(2)12(14)13(19)17-5-3-4-11(6-17)7-18-9-15-8-16-18/h8-12H,3-7,14H2,1-2H3/t11-,12+/m1/s1. The largest absolute Gasteiger partial charge is 0.341 e. The van der Waals surface area contributed by atoms with E-state index in [1.165, 1.54) is 0 Å². The first-order chi connectivity index (χ1) is 9.08. The van der Waals surface area contributed by atoms with Gasteiger partial charge < -0.3 is 10.6 Å². The molecule has 2 N–H and O–H groups in total. The topological polar surface area (TPSA) is 77.0 Å². The maximum Gasteiger partial charge on any atom is 0.239 e. The van der Waals surface area contributed by atoms with Crippen molar-refractivity contribution in [3.63, 3.8) is 0 Å². The number of hydrogen-bond acceptors (Lipinski definition) is 4. The molecule has 1 fully saturated rings. The van der Waals surface area contributed by atoms with Gasteiger partial charge in [-0.05, 0) is 24.7 Å². The summed E-state index contributed by atoms with van der Waals surface area (Å²) in [5.41, 5.74) is 5.95. The van der Waals surface area contributed by atoms with Crippen LogP contribution in [-0.2, 0) is 11.3 Å². The molecule has 1 saturated heterocycles. The molecule has 0 unspecified atom stereocenters. The highest BCUT2D eigenvalue weighted by Crippen LogP contribution is 2.19. The third kappa shape index (κ3) is 3.53. The van der Waals surface area contributed by atoms with Crippen LogP contribution in [0.3, 0.4) is 0 Å². The molecule has 106 valence electrons. The molecule has 6 nitrogen and oxygen atoms in total. The summed E-state index contributed by atoms with van der Waals surface area (Å²) in [6.07, 6.45) is 5.43. The summed E-state index contributed by atoms with van der Waals surface area (Å²) in [4.78, 5) is 18.1. The monoisotopic (exact) mass is 265 g/mol. The molecule has 0 radical (unpaired) electrons. The highest BCUT2D eigenvalue weighted by atomic mass is 16.2. The van der Waals surface area contributed by atoms with Gasteiger partial charge >= 0.3 is 0 Å². The second kappa shape index (κ2) is 6.14. The molecule has 19 heavy (non-hydrogen) atoms. The predicted molar refractivity (Wildman–Crippen MR) is 72.1 cm³/mol. The van der Waals surface area contributed by atoms with Crippen molar-refractivity contribution >= 4 is 5.91 Å². The maximum atomic E-state index is 12.3. The first-order valence-corrected chi connectivity index (χ1v) is 6.94. The molecule has 1 amide bonds. The van der Waals surface area contributed by atoms with Crippen molar-refractivity contribution in [2.24, 2.45) is 17.6 Å². The highest BCUT2D eigenvalue weighted by Gasteiger charge is 2.28. The van der Waals surface area contributed by atoms with Crippen LogP contribution in [-0.4, -0.2) is 44.7 Å². The van der Waals surface area contributed by atoms with Crippen molar-refractivity contribution in [2.75, 3.05) is 13.1 Å². The molecule has 1 aromatic heterocycles. The summed E-state index contributed by atoms with van der Waals surface area (Å²) < 4.78 is 1.83. The lowest BCUT2D eigenvalue weighted by molar-refractivity contribution is -0.135. The van der Waals surface area contributed by atoms with Crippen molar-refractivity contribution in [1.82, 2.24) is 19.7 Å². The summed E-state index contributed by atoms with van der Waals surface area (Å²) in [5, 5.41) is 4.12. The highest BCUT2D eigenvalue weighted by molar-refractivity contribution is 5.82. The van der Waals surface area contributed by atoms with E-state index in [2.05, 4.69) is 10.1 Å². The van der Waals surface area contributed by atoms with Crippen molar-refractivity contribution in [2.45, 2.75) is 39.3 Å². The van der Waals surface area contributed by atoms with E-state index in [4.69, 9.17) is 5.73 Å². The van der Waals surface area contributed by atoms with Crippen LogP contribution in [0.25, 0.3) is 0 Å². The number of nitrogens with zero attached hydrogens (tertiary/aromatic N) is 4. The first kappa shape index (κ1) is 14.0. The molecule has 0 bridgehead atoms. The quantitative estimate of drug-likeness (QED) is 0.860. The van der Waals surface area contributed by atoms with Crippen molar-refractivity contribution in [1.29, 1.82) is 0 Å². The minimum atomic E-state index is -0.384. The lowest BCUT2D eigenvalue weighted by Gasteiger charge is -2.34. The number of likely N-dealkylation sites (tertiary alicyclic amines) is 1. The number of piperidine rings is 1. The lowest BCUT2D eigenvalue weighted by Crippen LogP contribution is -2.50. The normalized spacial score (nSPS) is 21.7. The molecular formula is C13H23N5O. The van der Waals surface area contributed by atoms with Crippen LogP contribution in [0, 0.1) is 11.8 Å². The number of hydrogen-bond donors (Lipinski definition) is 1. The fourth-order valence-electron chi connectivity index (χ4n) is 2.50. The Labute approximate surface area is 114 Å². The van der Waals surface area contributed by atoms with E-state index in [0.29, 0.717) is 5.92 Å². The summed E-state index contributed by atoms with van der Waals surface area (Å²) >= 11 is 0. The van der Waals surface area contributed by atoms with Crippen LogP contribution in [0.15, 0.2) is 12.7 Å². The Morgan fingerprint density at radius 2 is 2.32 bits per heavy atom. The van der Waals surface area contributed by atoms with Crippen LogP contribution in [0.1, 0.15) is 26.7 Å². The van der Waals surface area contributed by atoms with Crippen molar-refractivity contribution in [3.8, 4) is 0 Å². The number of rotatable bonds is 4. The van der Waals surface area contributed by atoms with Gasteiger partial charge in [0.25, 0.3) is 0 Å². The molecule has 1 aromatic rings. The van der Waals surface area contributed by atoms with Crippen LogP contribution in [0.2, 0.25) is 0 Å². The zero-order chi connectivity index (χ0) is 13.8. The molecule has 2 heterocycles. The van der Waals surface area contributed by atoms with Gasteiger partial charge in [0.2, 0.25) is 5.91 Å². The van der Waals surface area contributed by atoms with Crippen LogP contribution in [0.4, 0.5) is 0 Å². The molecule has 1 aliphatic heterocycles. The SMILES string of the molecule is CC(C)[C@H](N)C(=O)N1CCC[C@@H](Cn2cncn2)C1. The predicted octanol–water partition coefficient (Wildman–Crippen LogP) is 0.500. The minimum absolute atomic E-state index is 0.0818. The Hall–Kier alpha value is -1.43. The number of carbonyl (C=O) groups excluding carboxylic acids is 1. The molecule has 0 aliphatic carbocycles. The molecule has 2 rings (SSSR count). The van der Waals surface area contributed by atoms with Gasteiger partial charge in [-0.2, -0.15) is 5.10 Å². The van der Waals surface area contributed by atoms with Crippen molar-refractivity contribution in [3.05, 3.63) is 12.7 Å². The van der Waals surface area contributed by atoms with E-state index in [9.17, 15) is 4.79 Å². The van der Waals surface area contributed by atoms with Gasteiger partial charge in [0.15, 0.2) is 0 Å². The van der Waals surface area contributed by atoms with Crippen LogP contribution >= 0.6 is 0 Å². The van der Waals surface area contributed by atoms with Crippen molar-refractivity contribution < 1.29 is 4.79 Å². The third-order valence-electron chi connectivity index (χ3n) is 3.75. The third-order valence-corrected chi connectivity index (χ3v) is 3.75. The van der Waals surface area contributed by atoms with E-state index in [-0.39, 0.29) is 17.9 Å². The van der Waals surface area contributed by atoms with E-state index in [1.54, 1.807) is 12.7 Å². The number of aromatic nitrogens is 3. The zero-order valence-corrected chi connectivity index (χ0v) is 11.7. The van der Waals surface area contributed by atoms with Gasteiger partial charge in [-0.25, -0.2) is 4.98 Å². The molecule has 0 saturated carbocycles. The van der Waals surface area contributed by atoms with Gasteiger partial charge in [-0.1, -0.05) is 13.8 Å². The molecule has 0 aromatic carbocycles. The summed E-state index contributed by atoms with van der Waals surface area (Å²) in [7, 11) is 0. The minimum Gasteiger partial charge on any atom is -0.341 e. The van der Waals surface area contributed by atoms with Gasteiger partial charge in [-0.3, -0.25) is 9.48 Å². The summed E-state index contributed by atoms with van der Waals surface area (Å²) in [5.74, 6) is 0.709. The molecule has 2 atom stereocenters. The smallest absolute Gasteiger partial charge is 0.239 e. The summed E-state index contributed by atoms with van der Waals surface area (Å²) in [6, 6.07) is -0.384. The van der Waals surface area contributed by atoms with E-state index < -0.39 is 0 Å². The summed E-state index contributed by atoms with van der Waals surface area (Å²) in [6.45, 7) is 6.39.